The zero-order valence-electron chi connectivity index (χ0n) is 11.2. The lowest BCUT2D eigenvalue weighted by atomic mass is 10.1. The van der Waals surface area contributed by atoms with E-state index >= 15 is 0 Å². The molecular weight excluding hydrogens is 267 g/mol. The summed E-state index contributed by atoms with van der Waals surface area (Å²) < 4.78 is 36.6. The topological polar surface area (TPSA) is 29.1 Å². The summed E-state index contributed by atoms with van der Waals surface area (Å²) in [5.41, 5.74) is 0.472. The third kappa shape index (κ3) is 5.35. The summed E-state index contributed by atoms with van der Waals surface area (Å²) in [4.78, 5) is 10.9. The number of carbonyl (C=O) groups excluding carboxylic acids is 1. The lowest BCUT2D eigenvalue weighted by molar-refractivity contribution is -0.167. The summed E-state index contributed by atoms with van der Waals surface area (Å²) in [6, 6.07) is 6.20. The highest BCUT2D eigenvalue weighted by Crippen LogP contribution is 2.20. The van der Waals surface area contributed by atoms with E-state index in [-0.39, 0.29) is 5.69 Å². The van der Waals surface area contributed by atoms with Crippen molar-refractivity contribution in [2.24, 2.45) is 0 Å². The first kappa shape index (κ1) is 16.1. The van der Waals surface area contributed by atoms with E-state index in [0.29, 0.717) is 12.0 Å². The molecule has 5 heteroatoms. The lowest BCUT2D eigenvalue weighted by Crippen LogP contribution is -2.30. The Morgan fingerprint density at radius 3 is 2.60 bits per heavy atom. The number of benzene rings is 1. The minimum atomic E-state index is -4.90. The molecule has 0 radical (unpaired) electrons. The third-order valence-corrected chi connectivity index (χ3v) is 2.56. The van der Waals surface area contributed by atoms with Gasteiger partial charge >= 0.3 is 12.1 Å². The van der Waals surface area contributed by atoms with Crippen molar-refractivity contribution in [1.29, 1.82) is 0 Å². The number of rotatable bonds is 4. The summed E-state index contributed by atoms with van der Waals surface area (Å²) in [5, 5.41) is 1.84. The molecule has 1 N–H and O–H groups in total. The summed E-state index contributed by atoms with van der Waals surface area (Å²) in [6.45, 7) is 2.08. The van der Waals surface area contributed by atoms with E-state index in [1.54, 1.807) is 18.2 Å². The Bertz CT molecular complexity index is 512. The highest BCUT2D eigenvalue weighted by molar-refractivity contribution is 5.96. The number of unbranched alkanes of at least 4 members (excludes halogenated alkanes) is 3. The second-order valence-corrected chi connectivity index (χ2v) is 4.26. The molecule has 2 nitrogen and oxygen atoms in total. The molecule has 0 atom stereocenters. The molecule has 0 spiro atoms. The number of para-hydroxylation sites is 1. The van der Waals surface area contributed by atoms with Gasteiger partial charge in [-0.3, -0.25) is 4.79 Å². The van der Waals surface area contributed by atoms with Crippen molar-refractivity contribution < 1.29 is 18.0 Å². The predicted octanol–water partition coefficient (Wildman–Crippen LogP) is 4.12. The van der Waals surface area contributed by atoms with Gasteiger partial charge in [-0.25, -0.2) is 0 Å². The van der Waals surface area contributed by atoms with Crippen LogP contribution >= 0.6 is 0 Å². The molecule has 0 saturated carbocycles. The predicted molar refractivity (Wildman–Crippen MR) is 72.1 cm³/mol. The van der Waals surface area contributed by atoms with Gasteiger partial charge in [0.05, 0.1) is 5.69 Å². The maximum atomic E-state index is 12.2. The van der Waals surface area contributed by atoms with Crippen LogP contribution in [0.3, 0.4) is 0 Å². The lowest BCUT2D eigenvalue weighted by Gasteiger charge is -2.09. The molecule has 0 bridgehead atoms. The molecular formula is C15H16F3NO. The van der Waals surface area contributed by atoms with Crippen LogP contribution in [-0.4, -0.2) is 12.1 Å². The van der Waals surface area contributed by atoms with Crippen molar-refractivity contribution in [3.63, 3.8) is 0 Å². The van der Waals surface area contributed by atoms with Gasteiger partial charge in [-0.1, -0.05) is 43.7 Å². The molecule has 0 unspecified atom stereocenters. The molecule has 1 rings (SSSR count). The smallest absolute Gasteiger partial charge is 0.317 e. The fourth-order valence-electron chi connectivity index (χ4n) is 1.52. The quantitative estimate of drug-likeness (QED) is 0.653. The van der Waals surface area contributed by atoms with Gasteiger partial charge in [0.2, 0.25) is 0 Å². The Balaban J connectivity index is 2.76. The van der Waals surface area contributed by atoms with Crippen LogP contribution in [0.2, 0.25) is 0 Å². The van der Waals surface area contributed by atoms with E-state index in [1.165, 1.54) is 6.07 Å². The van der Waals surface area contributed by atoms with E-state index in [0.717, 1.165) is 19.3 Å². The summed E-state index contributed by atoms with van der Waals surface area (Å²) >= 11 is 0. The SMILES string of the molecule is CCCCCC#Cc1ccccc1NC(=O)C(F)(F)F. The first-order chi connectivity index (χ1) is 9.45. The number of halogens is 3. The van der Waals surface area contributed by atoms with Crippen molar-refractivity contribution in [2.75, 3.05) is 5.32 Å². The molecule has 20 heavy (non-hydrogen) atoms. The van der Waals surface area contributed by atoms with Crippen LogP contribution < -0.4 is 5.32 Å². The number of carbonyl (C=O) groups is 1. The van der Waals surface area contributed by atoms with E-state index in [1.807, 2.05) is 5.32 Å². The minimum absolute atomic E-state index is 0.0813. The number of alkyl halides is 3. The molecule has 0 aliphatic rings. The van der Waals surface area contributed by atoms with Crippen LogP contribution in [0.1, 0.15) is 38.2 Å². The summed E-state index contributed by atoms with van der Waals surface area (Å²) in [7, 11) is 0. The van der Waals surface area contributed by atoms with Gasteiger partial charge in [-0.15, -0.1) is 0 Å². The molecule has 0 fully saturated rings. The van der Waals surface area contributed by atoms with E-state index < -0.39 is 12.1 Å². The van der Waals surface area contributed by atoms with E-state index in [9.17, 15) is 18.0 Å². The molecule has 0 aliphatic heterocycles. The zero-order valence-corrected chi connectivity index (χ0v) is 11.2. The minimum Gasteiger partial charge on any atom is -0.317 e. The Hall–Kier alpha value is -1.96. The van der Waals surface area contributed by atoms with Crippen LogP contribution in [0.15, 0.2) is 24.3 Å². The van der Waals surface area contributed by atoms with Crippen LogP contribution in [0.4, 0.5) is 18.9 Å². The standard InChI is InChI=1S/C15H16F3NO/c1-2-3-4-5-6-9-12-10-7-8-11-13(12)19-14(20)15(16,17)18/h7-8,10-11H,2-5H2,1H3,(H,19,20). The third-order valence-electron chi connectivity index (χ3n) is 2.56. The number of nitrogens with one attached hydrogen (secondary N) is 1. The van der Waals surface area contributed by atoms with Crippen molar-refractivity contribution in [2.45, 2.75) is 38.8 Å². The Morgan fingerprint density at radius 1 is 1.25 bits per heavy atom. The van der Waals surface area contributed by atoms with Gasteiger partial charge in [-0.2, -0.15) is 13.2 Å². The summed E-state index contributed by atoms with van der Waals surface area (Å²) in [5.74, 6) is 3.72. The maximum Gasteiger partial charge on any atom is 0.471 e. The Kier molecular flexibility index (Phi) is 6.10. The average molecular weight is 283 g/mol. The van der Waals surface area contributed by atoms with Gasteiger partial charge in [0.25, 0.3) is 0 Å². The molecule has 0 heterocycles. The molecule has 0 saturated heterocycles. The molecule has 1 amide bonds. The molecule has 0 aliphatic carbocycles. The maximum absolute atomic E-state index is 12.2. The molecule has 108 valence electrons. The normalized spacial score (nSPS) is 10.6. The van der Waals surface area contributed by atoms with Gasteiger partial charge < -0.3 is 5.32 Å². The highest BCUT2D eigenvalue weighted by Gasteiger charge is 2.38. The first-order valence-electron chi connectivity index (χ1n) is 6.41. The van der Waals surface area contributed by atoms with Crippen molar-refractivity contribution in [3.05, 3.63) is 29.8 Å². The van der Waals surface area contributed by atoms with Gasteiger partial charge in [-0.05, 0) is 18.6 Å². The largest absolute Gasteiger partial charge is 0.471 e. The van der Waals surface area contributed by atoms with Crippen molar-refractivity contribution in [3.8, 4) is 11.8 Å². The van der Waals surface area contributed by atoms with Crippen LogP contribution in [0.25, 0.3) is 0 Å². The second-order valence-electron chi connectivity index (χ2n) is 4.26. The molecule has 0 aromatic heterocycles. The van der Waals surface area contributed by atoms with Gasteiger partial charge in [0.15, 0.2) is 0 Å². The monoisotopic (exact) mass is 283 g/mol. The van der Waals surface area contributed by atoms with Crippen molar-refractivity contribution >= 4 is 11.6 Å². The average Bonchev–Trinajstić information content (AvgIpc) is 2.39. The summed E-state index contributed by atoms with van der Waals surface area (Å²) in [6.07, 6.45) is -1.10. The fourth-order valence-corrected chi connectivity index (χ4v) is 1.52. The first-order valence-corrected chi connectivity index (χ1v) is 6.41. The second kappa shape index (κ2) is 7.59. The van der Waals surface area contributed by atoms with Crippen LogP contribution in [0, 0.1) is 11.8 Å². The molecule has 1 aromatic carbocycles. The number of anilines is 1. The van der Waals surface area contributed by atoms with E-state index in [4.69, 9.17) is 0 Å². The fraction of sp³-hybridized carbons (Fsp3) is 0.400. The number of hydrogen-bond acceptors (Lipinski definition) is 1. The van der Waals surface area contributed by atoms with Crippen molar-refractivity contribution in [1.82, 2.24) is 0 Å². The Morgan fingerprint density at radius 2 is 1.95 bits per heavy atom. The van der Waals surface area contributed by atoms with Crippen LogP contribution in [-0.2, 0) is 4.79 Å². The van der Waals surface area contributed by atoms with Crippen LogP contribution in [0.5, 0.6) is 0 Å². The van der Waals surface area contributed by atoms with E-state index in [2.05, 4.69) is 18.8 Å². The number of hydrogen-bond donors (Lipinski definition) is 1. The molecule has 1 aromatic rings. The van der Waals surface area contributed by atoms with Gasteiger partial charge in [0.1, 0.15) is 0 Å². The van der Waals surface area contributed by atoms with Gasteiger partial charge in [0, 0.05) is 12.0 Å². The Labute approximate surface area is 116 Å². The zero-order chi connectivity index (χ0) is 15.0. The highest BCUT2D eigenvalue weighted by atomic mass is 19.4. The number of amides is 1.